The molecule has 0 saturated carbocycles. The first-order valence-corrected chi connectivity index (χ1v) is 5.70. The van der Waals surface area contributed by atoms with E-state index >= 15 is 0 Å². The van der Waals surface area contributed by atoms with Gasteiger partial charge in [0.2, 0.25) is 0 Å². The van der Waals surface area contributed by atoms with Crippen molar-refractivity contribution in [2.45, 2.75) is 6.42 Å². The van der Waals surface area contributed by atoms with Gasteiger partial charge in [-0.1, -0.05) is 0 Å². The predicted octanol–water partition coefficient (Wildman–Crippen LogP) is 0.464. The fourth-order valence-electron chi connectivity index (χ4n) is 2.31. The van der Waals surface area contributed by atoms with Crippen LogP contribution in [-0.4, -0.2) is 43.8 Å². The van der Waals surface area contributed by atoms with E-state index in [4.69, 9.17) is 10.8 Å². The van der Waals surface area contributed by atoms with E-state index in [0.717, 1.165) is 17.6 Å². The molecule has 0 unspecified atom stereocenters. The van der Waals surface area contributed by atoms with Gasteiger partial charge >= 0.3 is 6.09 Å². The average Bonchev–Trinajstić information content (AvgIpc) is 2.67. The Morgan fingerprint density at radius 2 is 2.28 bits per heavy atom. The topological polar surface area (TPSA) is 96.8 Å². The van der Waals surface area contributed by atoms with Crippen molar-refractivity contribution in [1.29, 1.82) is 0 Å². The molecule has 1 amide bonds. The zero-order valence-corrected chi connectivity index (χ0v) is 9.65. The van der Waals surface area contributed by atoms with Crippen molar-refractivity contribution in [1.82, 2.24) is 19.5 Å². The van der Waals surface area contributed by atoms with Gasteiger partial charge < -0.3 is 15.7 Å². The van der Waals surface area contributed by atoms with Crippen molar-refractivity contribution in [3.05, 3.63) is 24.2 Å². The van der Waals surface area contributed by atoms with Crippen molar-refractivity contribution in [3.63, 3.8) is 0 Å². The number of likely N-dealkylation sites (tertiary alicyclic amines) is 1. The van der Waals surface area contributed by atoms with Crippen molar-refractivity contribution < 1.29 is 9.90 Å². The molecule has 1 aliphatic rings. The molecule has 0 bridgehead atoms. The summed E-state index contributed by atoms with van der Waals surface area (Å²) in [5.74, 6) is 0.812. The number of anilines is 1. The normalized spacial score (nSPS) is 15.9. The largest absolute Gasteiger partial charge is 0.465 e. The van der Waals surface area contributed by atoms with Crippen LogP contribution in [0.2, 0.25) is 0 Å². The number of carboxylic acid groups (broad SMARTS) is 1. The van der Waals surface area contributed by atoms with Crippen molar-refractivity contribution in [2.24, 2.45) is 5.92 Å². The summed E-state index contributed by atoms with van der Waals surface area (Å²) in [6.45, 7) is 1.17. The van der Waals surface area contributed by atoms with E-state index in [1.165, 1.54) is 11.2 Å². The van der Waals surface area contributed by atoms with Crippen LogP contribution in [0.5, 0.6) is 0 Å². The van der Waals surface area contributed by atoms with Gasteiger partial charge in [0.1, 0.15) is 11.8 Å². The van der Waals surface area contributed by atoms with Crippen LogP contribution in [-0.2, 0) is 6.42 Å². The number of fused-ring (bicyclic) bond motifs is 1. The standard InChI is InChI=1S/C11H13N5O2/c12-10-9-2-1-8(16(9)14-6-13-10)3-7-4-15(5-7)11(17)18/h1-2,6-7H,3-5H2,(H,17,18)(H2,12,13,14). The molecular formula is C11H13N5O2. The van der Waals surface area contributed by atoms with E-state index in [1.54, 1.807) is 4.52 Å². The molecule has 0 aliphatic carbocycles. The summed E-state index contributed by atoms with van der Waals surface area (Å²) in [4.78, 5) is 16.0. The first-order valence-electron chi connectivity index (χ1n) is 5.70. The molecule has 0 radical (unpaired) electrons. The summed E-state index contributed by atoms with van der Waals surface area (Å²) in [6, 6.07) is 3.85. The molecule has 0 spiro atoms. The molecule has 3 rings (SSSR count). The summed E-state index contributed by atoms with van der Waals surface area (Å²) in [6.07, 6.45) is 1.38. The summed E-state index contributed by atoms with van der Waals surface area (Å²) < 4.78 is 1.77. The molecule has 1 saturated heterocycles. The number of amides is 1. The highest BCUT2D eigenvalue weighted by molar-refractivity contribution is 5.66. The lowest BCUT2D eigenvalue weighted by atomic mass is 9.95. The Balaban J connectivity index is 1.77. The van der Waals surface area contributed by atoms with Crippen LogP contribution in [0.25, 0.3) is 5.52 Å². The summed E-state index contributed by atoms with van der Waals surface area (Å²) in [5, 5.41) is 12.9. The molecule has 0 atom stereocenters. The van der Waals surface area contributed by atoms with Gasteiger partial charge in [-0.05, 0) is 24.5 Å². The summed E-state index contributed by atoms with van der Waals surface area (Å²) in [5.41, 5.74) is 7.58. The average molecular weight is 247 g/mol. The summed E-state index contributed by atoms with van der Waals surface area (Å²) >= 11 is 0. The quantitative estimate of drug-likeness (QED) is 0.803. The van der Waals surface area contributed by atoms with Crippen LogP contribution < -0.4 is 5.73 Å². The molecule has 3 heterocycles. The maximum atomic E-state index is 10.7. The molecule has 7 nitrogen and oxygen atoms in total. The zero-order chi connectivity index (χ0) is 12.7. The highest BCUT2D eigenvalue weighted by atomic mass is 16.4. The number of nitrogens with two attached hydrogens (primary N) is 1. The smallest absolute Gasteiger partial charge is 0.407 e. The Hall–Kier alpha value is -2.31. The van der Waals surface area contributed by atoms with Crippen LogP contribution in [0.1, 0.15) is 5.69 Å². The number of nitrogens with zero attached hydrogens (tertiary/aromatic N) is 4. The number of carbonyl (C=O) groups is 1. The Morgan fingerprint density at radius 1 is 1.50 bits per heavy atom. The Kier molecular flexibility index (Phi) is 2.32. The number of hydrogen-bond acceptors (Lipinski definition) is 4. The molecule has 2 aromatic heterocycles. The van der Waals surface area contributed by atoms with Gasteiger partial charge in [0.05, 0.1) is 0 Å². The van der Waals surface area contributed by atoms with Crippen LogP contribution in [0, 0.1) is 5.92 Å². The third-order valence-corrected chi connectivity index (χ3v) is 3.29. The third-order valence-electron chi connectivity index (χ3n) is 3.29. The molecule has 3 N–H and O–H groups in total. The second-order valence-corrected chi connectivity index (χ2v) is 4.52. The van der Waals surface area contributed by atoms with Gasteiger partial charge in [-0.3, -0.25) is 0 Å². The predicted molar refractivity (Wildman–Crippen MR) is 64.2 cm³/mol. The third kappa shape index (κ3) is 1.64. The first-order chi connectivity index (χ1) is 8.65. The number of rotatable bonds is 2. The zero-order valence-electron chi connectivity index (χ0n) is 9.65. The van der Waals surface area contributed by atoms with Crippen molar-refractivity contribution >= 4 is 17.4 Å². The maximum Gasteiger partial charge on any atom is 0.407 e. The Bertz CT molecular complexity index is 602. The van der Waals surface area contributed by atoms with E-state index in [-0.39, 0.29) is 0 Å². The van der Waals surface area contributed by atoms with Gasteiger partial charge in [-0.2, -0.15) is 5.10 Å². The minimum atomic E-state index is -0.849. The minimum absolute atomic E-state index is 0.357. The maximum absolute atomic E-state index is 10.7. The minimum Gasteiger partial charge on any atom is -0.465 e. The van der Waals surface area contributed by atoms with E-state index in [9.17, 15) is 4.79 Å². The number of nitrogen functional groups attached to an aromatic ring is 1. The lowest BCUT2D eigenvalue weighted by Crippen LogP contribution is -2.50. The van der Waals surface area contributed by atoms with Crippen LogP contribution in [0.15, 0.2) is 18.5 Å². The molecule has 94 valence electrons. The lowest BCUT2D eigenvalue weighted by molar-refractivity contribution is 0.0814. The van der Waals surface area contributed by atoms with Gasteiger partial charge in [-0.15, -0.1) is 0 Å². The van der Waals surface area contributed by atoms with Gasteiger partial charge in [-0.25, -0.2) is 14.3 Å². The van der Waals surface area contributed by atoms with E-state index in [0.29, 0.717) is 24.8 Å². The SMILES string of the molecule is Nc1ncnn2c(CC3CN(C(=O)O)C3)ccc12. The lowest BCUT2D eigenvalue weighted by Gasteiger charge is -2.36. The van der Waals surface area contributed by atoms with Crippen molar-refractivity contribution in [3.8, 4) is 0 Å². The fourth-order valence-corrected chi connectivity index (χ4v) is 2.31. The molecule has 7 heteroatoms. The van der Waals surface area contributed by atoms with Crippen LogP contribution in [0.4, 0.5) is 10.6 Å². The molecule has 2 aromatic rings. The van der Waals surface area contributed by atoms with Crippen LogP contribution >= 0.6 is 0 Å². The number of aromatic nitrogens is 3. The highest BCUT2D eigenvalue weighted by Gasteiger charge is 2.30. The second kappa shape index (κ2) is 3.86. The molecule has 1 aliphatic heterocycles. The van der Waals surface area contributed by atoms with E-state index in [2.05, 4.69) is 10.1 Å². The second-order valence-electron chi connectivity index (χ2n) is 4.52. The molecule has 0 aromatic carbocycles. The van der Waals surface area contributed by atoms with Crippen LogP contribution in [0.3, 0.4) is 0 Å². The first kappa shape index (κ1) is 10.8. The van der Waals surface area contributed by atoms with Gasteiger partial charge in [0, 0.05) is 18.8 Å². The monoisotopic (exact) mass is 247 g/mol. The highest BCUT2D eigenvalue weighted by Crippen LogP contribution is 2.22. The van der Waals surface area contributed by atoms with Gasteiger partial charge in [0.15, 0.2) is 5.82 Å². The number of hydrogen-bond donors (Lipinski definition) is 2. The Labute approximate surface area is 103 Å². The molecule has 1 fully saturated rings. The van der Waals surface area contributed by atoms with Gasteiger partial charge in [0.25, 0.3) is 0 Å². The van der Waals surface area contributed by atoms with E-state index in [1.807, 2.05) is 12.1 Å². The van der Waals surface area contributed by atoms with E-state index < -0.39 is 6.09 Å². The fraction of sp³-hybridized carbons (Fsp3) is 0.364. The summed E-state index contributed by atoms with van der Waals surface area (Å²) in [7, 11) is 0. The molecule has 18 heavy (non-hydrogen) atoms. The van der Waals surface area contributed by atoms with Crippen molar-refractivity contribution in [2.75, 3.05) is 18.8 Å². The Morgan fingerprint density at radius 3 is 3.00 bits per heavy atom. The molecular weight excluding hydrogens is 234 g/mol.